The molecule has 9 heteroatoms. The van der Waals surface area contributed by atoms with Gasteiger partial charge in [0, 0.05) is 18.0 Å². The Morgan fingerprint density at radius 2 is 2.11 bits per heavy atom. The van der Waals surface area contributed by atoms with Gasteiger partial charge >= 0.3 is 12.6 Å². The fourth-order valence-electron chi connectivity index (χ4n) is 2.50. The topological polar surface area (TPSA) is 95.1 Å². The Morgan fingerprint density at radius 3 is 2.70 bits per heavy atom. The molecule has 146 valence electrons. The Balaban J connectivity index is 2.34. The Kier molecular flexibility index (Phi) is 6.14. The second-order valence-corrected chi connectivity index (χ2v) is 6.90. The van der Waals surface area contributed by atoms with Crippen molar-refractivity contribution in [3.8, 4) is 11.3 Å². The molecule has 0 fully saturated rings. The van der Waals surface area contributed by atoms with Gasteiger partial charge in [0.1, 0.15) is 5.60 Å². The van der Waals surface area contributed by atoms with E-state index in [1.165, 1.54) is 12.4 Å². The molecule has 0 radical (unpaired) electrons. The smallest absolute Gasteiger partial charge is 0.408 e. The van der Waals surface area contributed by atoms with Crippen LogP contribution in [0.5, 0.6) is 0 Å². The SMILES string of the molecule is C=CC[C@H](NC(=O)OC(C)(C)C)c1cncc(-c2c(N)cnn2C(F)F)c1. The highest BCUT2D eigenvalue weighted by molar-refractivity contribution is 5.73. The largest absolute Gasteiger partial charge is 0.444 e. The fraction of sp³-hybridized carbons (Fsp3) is 0.389. The van der Waals surface area contributed by atoms with Gasteiger partial charge in [-0.25, -0.2) is 9.48 Å². The second kappa shape index (κ2) is 8.15. The van der Waals surface area contributed by atoms with Gasteiger partial charge in [0.15, 0.2) is 0 Å². The number of alkyl halides is 2. The number of ether oxygens (including phenoxy) is 1. The van der Waals surface area contributed by atoms with E-state index in [2.05, 4.69) is 22.0 Å². The van der Waals surface area contributed by atoms with Crippen LogP contribution in [0.2, 0.25) is 0 Å². The van der Waals surface area contributed by atoms with Crippen molar-refractivity contribution in [3.63, 3.8) is 0 Å². The van der Waals surface area contributed by atoms with Gasteiger partial charge in [0.25, 0.3) is 0 Å². The molecule has 0 saturated heterocycles. The minimum absolute atomic E-state index is 0.0639. The number of carbonyl (C=O) groups is 1. The number of nitrogens with one attached hydrogen (secondary N) is 1. The first kappa shape index (κ1) is 20.3. The first-order chi connectivity index (χ1) is 12.6. The van der Waals surface area contributed by atoms with Gasteiger partial charge in [-0.05, 0) is 38.8 Å². The van der Waals surface area contributed by atoms with Gasteiger partial charge in [0.2, 0.25) is 0 Å². The van der Waals surface area contributed by atoms with Crippen LogP contribution in [0.4, 0.5) is 19.3 Å². The summed E-state index contributed by atoms with van der Waals surface area (Å²) in [5.74, 6) is 0. The second-order valence-electron chi connectivity index (χ2n) is 6.90. The molecular weight excluding hydrogens is 356 g/mol. The highest BCUT2D eigenvalue weighted by atomic mass is 19.3. The third-order valence-electron chi connectivity index (χ3n) is 3.54. The minimum Gasteiger partial charge on any atom is -0.444 e. The summed E-state index contributed by atoms with van der Waals surface area (Å²) in [6.07, 6.45) is 5.54. The van der Waals surface area contributed by atoms with Gasteiger partial charge < -0.3 is 15.8 Å². The van der Waals surface area contributed by atoms with E-state index in [1.54, 1.807) is 32.9 Å². The Labute approximate surface area is 156 Å². The number of hydrogen-bond acceptors (Lipinski definition) is 5. The van der Waals surface area contributed by atoms with Crippen molar-refractivity contribution in [2.75, 3.05) is 5.73 Å². The highest BCUT2D eigenvalue weighted by Crippen LogP contribution is 2.31. The van der Waals surface area contributed by atoms with E-state index in [-0.39, 0.29) is 11.4 Å². The summed E-state index contributed by atoms with van der Waals surface area (Å²) < 4.78 is 32.1. The number of nitrogens with two attached hydrogens (primary N) is 1. The predicted octanol–water partition coefficient (Wildman–Crippen LogP) is 4.06. The van der Waals surface area contributed by atoms with Gasteiger partial charge in [0.05, 0.1) is 23.6 Å². The molecule has 7 nitrogen and oxygen atoms in total. The quantitative estimate of drug-likeness (QED) is 0.738. The zero-order valence-electron chi connectivity index (χ0n) is 15.4. The van der Waals surface area contributed by atoms with Crippen LogP contribution in [0.3, 0.4) is 0 Å². The van der Waals surface area contributed by atoms with Crippen molar-refractivity contribution in [1.29, 1.82) is 0 Å². The summed E-state index contributed by atoms with van der Waals surface area (Å²) in [5.41, 5.74) is 6.27. The molecule has 2 rings (SSSR count). The summed E-state index contributed by atoms with van der Waals surface area (Å²) in [6.45, 7) is 6.11. The zero-order valence-corrected chi connectivity index (χ0v) is 15.4. The third-order valence-corrected chi connectivity index (χ3v) is 3.54. The van der Waals surface area contributed by atoms with Crippen LogP contribution in [0.1, 0.15) is 45.3 Å². The van der Waals surface area contributed by atoms with Crippen LogP contribution in [-0.4, -0.2) is 26.5 Å². The minimum atomic E-state index is -2.84. The molecule has 0 unspecified atom stereocenters. The van der Waals surface area contributed by atoms with Crippen molar-refractivity contribution in [3.05, 3.63) is 42.9 Å². The van der Waals surface area contributed by atoms with Crippen LogP contribution < -0.4 is 11.1 Å². The molecular formula is C18H23F2N5O2. The number of amides is 1. The van der Waals surface area contributed by atoms with Crippen LogP contribution in [-0.2, 0) is 4.74 Å². The molecule has 0 saturated carbocycles. The van der Waals surface area contributed by atoms with E-state index < -0.39 is 24.3 Å². The third kappa shape index (κ3) is 5.25. The lowest BCUT2D eigenvalue weighted by Crippen LogP contribution is -2.34. The van der Waals surface area contributed by atoms with Crippen LogP contribution >= 0.6 is 0 Å². The molecule has 0 spiro atoms. The van der Waals surface area contributed by atoms with Crippen LogP contribution in [0.25, 0.3) is 11.3 Å². The lowest BCUT2D eigenvalue weighted by Gasteiger charge is -2.23. The molecule has 0 aliphatic rings. The molecule has 27 heavy (non-hydrogen) atoms. The van der Waals surface area contributed by atoms with Crippen molar-refractivity contribution < 1.29 is 18.3 Å². The summed E-state index contributed by atoms with van der Waals surface area (Å²) in [5, 5.41) is 6.34. The van der Waals surface area contributed by atoms with E-state index in [0.717, 1.165) is 6.20 Å². The Hall–Kier alpha value is -2.97. The maximum Gasteiger partial charge on any atom is 0.408 e. The average Bonchev–Trinajstić information content (AvgIpc) is 2.95. The van der Waals surface area contributed by atoms with Gasteiger partial charge in [-0.3, -0.25) is 4.98 Å². The Bertz CT molecular complexity index is 814. The van der Waals surface area contributed by atoms with Crippen molar-refractivity contribution in [2.24, 2.45) is 0 Å². The number of carbonyl (C=O) groups excluding carboxylic acids is 1. The fourth-order valence-corrected chi connectivity index (χ4v) is 2.50. The molecule has 2 aromatic rings. The molecule has 1 atom stereocenters. The van der Waals surface area contributed by atoms with E-state index >= 15 is 0 Å². The molecule has 1 amide bonds. The summed E-state index contributed by atoms with van der Waals surface area (Å²) in [7, 11) is 0. The zero-order chi connectivity index (χ0) is 20.2. The number of pyridine rings is 1. The molecule has 3 N–H and O–H groups in total. The van der Waals surface area contributed by atoms with Gasteiger partial charge in [-0.15, -0.1) is 6.58 Å². The predicted molar refractivity (Wildman–Crippen MR) is 98.0 cm³/mol. The highest BCUT2D eigenvalue weighted by Gasteiger charge is 2.22. The molecule has 2 heterocycles. The monoisotopic (exact) mass is 379 g/mol. The standard InChI is InChI=1S/C18H23F2N5O2/c1-5-6-14(24-17(26)27-18(2,3)4)11-7-12(9-22-8-11)15-13(21)10-23-25(15)16(19)20/h5,7-10,14,16H,1,6,21H2,2-4H3,(H,24,26)/t14-/m0/s1. The van der Waals surface area contributed by atoms with Gasteiger partial charge in [-0.1, -0.05) is 6.08 Å². The Morgan fingerprint density at radius 1 is 1.41 bits per heavy atom. The normalized spacial score (nSPS) is 12.7. The maximum absolute atomic E-state index is 13.2. The average molecular weight is 379 g/mol. The number of aromatic nitrogens is 3. The van der Waals surface area contributed by atoms with E-state index in [1.807, 2.05) is 0 Å². The van der Waals surface area contributed by atoms with Crippen molar-refractivity contribution in [2.45, 2.75) is 45.4 Å². The summed E-state index contributed by atoms with van der Waals surface area (Å²) >= 11 is 0. The van der Waals surface area contributed by atoms with Crippen molar-refractivity contribution >= 4 is 11.8 Å². The van der Waals surface area contributed by atoms with Crippen molar-refractivity contribution in [1.82, 2.24) is 20.1 Å². The molecule has 0 bridgehead atoms. The van der Waals surface area contributed by atoms with E-state index in [4.69, 9.17) is 10.5 Å². The number of alkyl carbamates (subject to hydrolysis) is 1. The number of anilines is 1. The lowest BCUT2D eigenvalue weighted by atomic mass is 10.0. The number of rotatable bonds is 6. The molecule has 0 aliphatic heterocycles. The number of halogens is 2. The number of nitrogen functional groups attached to an aromatic ring is 1. The number of hydrogen-bond donors (Lipinski definition) is 2. The first-order valence-electron chi connectivity index (χ1n) is 8.29. The number of nitrogens with zero attached hydrogens (tertiary/aromatic N) is 3. The summed E-state index contributed by atoms with van der Waals surface area (Å²) in [6, 6.07) is 1.14. The maximum atomic E-state index is 13.2. The molecule has 0 aromatic carbocycles. The lowest BCUT2D eigenvalue weighted by molar-refractivity contribution is 0.0503. The first-order valence-corrected chi connectivity index (χ1v) is 8.29. The summed E-state index contributed by atoms with van der Waals surface area (Å²) in [4.78, 5) is 16.2. The van der Waals surface area contributed by atoms with E-state index in [0.29, 0.717) is 22.2 Å². The van der Waals surface area contributed by atoms with Crippen LogP contribution in [0, 0.1) is 0 Å². The van der Waals surface area contributed by atoms with Gasteiger partial charge in [-0.2, -0.15) is 13.9 Å². The molecule has 2 aromatic heterocycles. The molecule has 0 aliphatic carbocycles. The van der Waals surface area contributed by atoms with Crippen LogP contribution in [0.15, 0.2) is 37.3 Å². The van der Waals surface area contributed by atoms with E-state index in [9.17, 15) is 13.6 Å².